The predicted octanol–water partition coefficient (Wildman–Crippen LogP) is 2.75. The minimum Gasteiger partial charge on any atom is -0.229 e. The van der Waals surface area contributed by atoms with Crippen LogP contribution < -0.4 is 0 Å². The summed E-state index contributed by atoms with van der Waals surface area (Å²) in [4.78, 5) is 0. The van der Waals surface area contributed by atoms with Crippen molar-refractivity contribution in [1.29, 1.82) is 0 Å². The van der Waals surface area contributed by atoms with Crippen LogP contribution in [0.25, 0.3) is 0 Å². The maximum Gasteiger partial charge on any atom is 0.147 e. The van der Waals surface area contributed by atoms with Crippen LogP contribution in [0.3, 0.4) is 0 Å². The molecule has 0 heterocycles. The molecule has 1 atom stereocenters. The second-order valence-electron chi connectivity index (χ2n) is 4.13. The van der Waals surface area contributed by atoms with Crippen molar-refractivity contribution in [3.8, 4) is 0 Å². The van der Waals surface area contributed by atoms with Gasteiger partial charge in [-0.3, -0.25) is 0 Å². The predicted molar refractivity (Wildman–Crippen MR) is 69.0 cm³/mol. The number of alkyl halides is 1. The Morgan fingerprint density at radius 2 is 1.94 bits per heavy atom. The molecule has 0 fully saturated rings. The Hall–Kier alpha value is -0.540. The molecule has 1 aromatic carbocycles. The van der Waals surface area contributed by atoms with Crippen molar-refractivity contribution in [3.63, 3.8) is 0 Å². The van der Waals surface area contributed by atoms with Gasteiger partial charge >= 0.3 is 0 Å². The molecule has 0 spiro atoms. The van der Waals surface area contributed by atoms with Gasteiger partial charge in [-0.25, -0.2) is 8.42 Å². The molecule has 16 heavy (non-hydrogen) atoms. The molecule has 90 valence electrons. The van der Waals surface area contributed by atoms with Gasteiger partial charge in [-0.1, -0.05) is 24.3 Å². The van der Waals surface area contributed by atoms with Gasteiger partial charge in [0, 0.05) is 12.1 Å². The van der Waals surface area contributed by atoms with Crippen molar-refractivity contribution >= 4 is 21.4 Å². The van der Waals surface area contributed by atoms with Crippen molar-refractivity contribution in [3.05, 3.63) is 35.4 Å². The van der Waals surface area contributed by atoms with Gasteiger partial charge in [0.2, 0.25) is 0 Å². The first-order chi connectivity index (χ1) is 7.44. The molecule has 1 rings (SSSR count). The second-order valence-corrected chi connectivity index (χ2v) is 6.69. The Kier molecular flexibility index (Phi) is 4.81. The maximum atomic E-state index is 11.1. The summed E-state index contributed by atoms with van der Waals surface area (Å²) in [5.41, 5.74) is 2.32. The Morgan fingerprint density at radius 1 is 1.31 bits per heavy atom. The summed E-state index contributed by atoms with van der Waals surface area (Å²) in [5.74, 6) is 0.775. The van der Waals surface area contributed by atoms with E-state index in [0.717, 1.165) is 5.56 Å². The van der Waals surface area contributed by atoms with E-state index in [4.69, 9.17) is 11.6 Å². The molecule has 4 heteroatoms. The minimum absolute atomic E-state index is 0.123. The third kappa shape index (κ3) is 4.14. The molecule has 0 saturated carbocycles. The Labute approximate surface area is 103 Å². The van der Waals surface area contributed by atoms with Gasteiger partial charge in [-0.05, 0) is 30.4 Å². The highest BCUT2D eigenvalue weighted by molar-refractivity contribution is 7.90. The van der Waals surface area contributed by atoms with E-state index in [-0.39, 0.29) is 11.7 Å². The summed E-state index contributed by atoms with van der Waals surface area (Å²) in [6.07, 6.45) is 1.85. The first-order valence-electron chi connectivity index (χ1n) is 5.23. The fourth-order valence-electron chi connectivity index (χ4n) is 1.72. The average Bonchev–Trinajstić information content (AvgIpc) is 2.20. The minimum atomic E-state index is -2.91. The van der Waals surface area contributed by atoms with E-state index in [1.54, 1.807) is 0 Å². The number of hydrogen-bond donors (Lipinski definition) is 0. The Morgan fingerprint density at radius 3 is 2.44 bits per heavy atom. The zero-order valence-corrected chi connectivity index (χ0v) is 11.2. The molecule has 0 N–H and O–H groups in total. The normalized spacial score (nSPS) is 13.7. The van der Waals surface area contributed by atoms with Crippen molar-refractivity contribution in [2.45, 2.75) is 19.3 Å². The van der Waals surface area contributed by atoms with Gasteiger partial charge in [0.25, 0.3) is 0 Å². The van der Waals surface area contributed by atoms with Crippen LogP contribution in [0.4, 0.5) is 0 Å². The first-order valence-corrected chi connectivity index (χ1v) is 7.83. The number of halogens is 1. The molecule has 1 aromatic rings. The smallest absolute Gasteiger partial charge is 0.147 e. The van der Waals surface area contributed by atoms with E-state index >= 15 is 0 Å². The van der Waals surface area contributed by atoms with E-state index in [2.05, 4.69) is 0 Å². The van der Waals surface area contributed by atoms with E-state index in [9.17, 15) is 8.42 Å². The zero-order chi connectivity index (χ0) is 12.2. The fraction of sp³-hybridized carbons (Fsp3) is 0.500. The molecule has 0 aliphatic heterocycles. The molecule has 1 unspecified atom stereocenters. The second kappa shape index (κ2) is 5.69. The number of rotatable bonds is 5. The van der Waals surface area contributed by atoms with Crippen LogP contribution in [0.2, 0.25) is 0 Å². The lowest BCUT2D eigenvalue weighted by Crippen LogP contribution is -2.10. The average molecular weight is 261 g/mol. The highest BCUT2D eigenvalue weighted by Gasteiger charge is 2.14. The zero-order valence-electron chi connectivity index (χ0n) is 9.61. The summed E-state index contributed by atoms with van der Waals surface area (Å²) in [7, 11) is -2.91. The van der Waals surface area contributed by atoms with Gasteiger partial charge in [0.05, 0.1) is 5.75 Å². The first kappa shape index (κ1) is 13.5. The van der Waals surface area contributed by atoms with Crippen LogP contribution in [-0.4, -0.2) is 26.3 Å². The lowest BCUT2D eigenvalue weighted by Gasteiger charge is -2.16. The van der Waals surface area contributed by atoms with E-state index in [0.29, 0.717) is 12.3 Å². The number of aryl methyl sites for hydroxylation is 1. The third-order valence-corrected chi connectivity index (χ3v) is 4.00. The van der Waals surface area contributed by atoms with Crippen LogP contribution in [-0.2, 0) is 9.84 Å². The summed E-state index contributed by atoms with van der Waals surface area (Å²) >= 11 is 5.91. The van der Waals surface area contributed by atoms with Crippen LogP contribution in [0.15, 0.2) is 24.3 Å². The summed E-state index contributed by atoms with van der Waals surface area (Å²) in [5, 5.41) is 0. The lowest BCUT2D eigenvalue weighted by molar-refractivity contribution is 0.594. The summed E-state index contributed by atoms with van der Waals surface area (Å²) < 4.78 is 22.2. The van der Waals surface area contributed by atoms with Crippen molar-refractivity contribution < 1.29 is 8.42 Å². The van der Waals surface area contributed by atoms with Crippen LogP contribution >= 0.6 is 11.6 Å². The fourth-order valence-corrected chi connectivity index (χ4v) is 2.75. The Bertz CT molecular complexity index is 440. The van der Waals surface area contributed by atoms with Gasteiger partial charge in [-0.15, -0.1) is 11.6 Å². The van der Waals surface area contributed by atoms with E-state index in [1.807, 2.05) is 31.2 Å². The number of sulfone groups is 1. The molecule has 0 aliphatic rings. The highest BCUT2D eigenvalue weighted by atomic mass is 35.5. The van der Waals surface area contributed by atoms with Crippen molar-refractivity contribution in [2.24, 2.45) is 0 Å². The standard InChI is InChI=1S/C12H17ClO2S/c1-10-5-3-4-6-12(10)11(9-13)7-8-16(2,14)15/h3-6,11H,7-9H2,1-2H3. The lowest BCUT2D eigenvalue weighted by atomic mass is 9.94. The van der Waals surface area contributed by atoms with Crippen LogP contribution in [0.5, 0.6) is 0 Å². The molecule has 0 saturated heterocycles. The van der Waals surface area contributed by atoms with E-state index < -0.39 is 9.84 Å². The maximum absolute atomic E-state index is 11.1. The molecule has 0 amide bonds. The van der Waals surface area contributed by atoms with Crippen LogP contribution in [0, 0.1) is 6.92 Å². The van der Waals surface area contributed by atoms with Gasteiger partial charge in [-0.2, -0.15) is 0 Å². The molecule has 0 aliphatic carbocycles. The van der Waals surface area contributed by atoms with Gasteiger partial charge in [0.15, 0.2) is 0 Å². The van der Waals surface area contributed by atoms with E-state index in [1.165, 1.54) is 11.8 Å². The highest BCUT2D eigenvalue weighted by Crippen LogP contribution is 2.24. The third-order valence-electron chi connectivity index (χ3n) is 2.65. The summed E-state index contributed by atoms with van der Waals surface area (Å²) in [6.45, 7) is 2.02. The van der Waals surface area contributed by atoms with Crippen LogP contribution in [0.1, 0.15) is 23.5 Å². The van der Waals surface area contributed by atoms with Gasteiger partial charge < -0.3 is 0 Å². The van der Waals surface area contributed by atoms with Gasteiger partial charge in [0.1, 0.15) is 9.84 Å². The molecular weight excluding hydrogens is 244 g/mol. The number of hydrogen-bond acceptors (Lipinski definition) is 2. The molecule has 2 nitrogen and oxygen atoms in total. The number of benzene rings is 1. The molecule has 0 aromatic heterocycles. The monoisotopic (exact) mass is 260 g/mol. The van der Waals surface area contributed by atoms with Crippen molar-refractivity contribution in [1.82, 2.24) is 0 Å². The SMILES string of the molecule is Cc1ccccc1C(CCl)CCS(C)(=O)=O. The largest absolute Gasteiger partial charge is 0.229 e. The topological polar surface area (TPSA) is 34.1 Å². The summed E-state index contributed by atoms with van der Waals surface area (Å²) in [6, 6.07) is 7.98. The molecule has 0 radical (unpaired) electrons. The quantitative estimate of drug-likeness (QED) is 0.763. The molecular formula is C12H17ClO2S. The van der Waals surface area contributed by atoms with Crippen molar-refractivity contribution in [2.75, 3.05) is 17.9 Å². The Balaban J connectivity index is 2.79. The molecule has 0 bridgehead atoms.